The molecule has 0 aliphatic rings. The van der Waals surface area contributed by atoms with E-state index >= 15 is 0 Å². The van der Waals surface area contributed by atoms with Crippen LogP contribution in [0, 0.1) is 6.92 Å². The summed E-state index contributed by atoms with van der Waals surface area (Å²) in [6, 6.07) is 7.20. The second-order valence-corrected chi connectivity index (χ2v) is 5.66. The van der Waals surface area contributed by atoms with E-state index in [1.54, 1.807) is 35.5 Å². The summed E-state index contributed by atoms with van der Waals surface area (Å²) in [7, 11) is 1.72. The fraction of sp³-hybridized carbons (Fsp3) is 0.214. The highest BCUT2D eigenvalue weighted by atomic mass is 32.1. The Bertz CT molecular complexity index is 681. The Morgan fingerprint density at radius 3 is 2.90 bits per heavy atom. The van der Waals surface area contributed by atoms with Crippen LogP contribution in [0.1, 0.15) is 26.6 Å². The van der Waals surface area contributed by atoms with Gasteiger partial charge in [-0.1, -0.05) is 23.4 Å². The summed E-state index contributed by atoms with van der Waals surface area (Å²) >= 11 is 1.45. The second-order valence-electron chi connectivity index (χ2n) is 4.60. The molecule has 0 aliphatic heterocycles. The lowest BCUT2D eigenvalue weighted by Gasteiger charge is -2.16. The molecular formula is C14H16N4O2S. The number of amides is 1. The molecule has 21 heavy (non-hydrogen) atoms. The van der Waals surface area contributed by atoms with Crippen molar-refractivity contribution in [2.75, 3.05) is 7.05 Å². The Morgan fingerprint density at radius 2 is 2.29 bits per heavy atom. The normalized spacial score (nSPS) is 11.4. The standard InChI is InChI=1S/C14H16N4O2S/c1-9-16-12(8-21-9)14(19)18(2)7-10-4-3-5-11(6-10)13(15)17-20/h3-6,8,20H,7H2,1-2H3,(H2,15,17). The van der Waals surface area contributed by atoms with Gasteiger partial charge in [0.1, 0.15) is 5.69 Å². The highest BCUT2D eigenvalue weighted by Crippen LogP contribution is 2.13. The van der Waals surface area contributed by atoms with Crippen LogP contribution in [0.2, 0.25) is 0 Å². The van der Waals surface area contributed by atoms with Crippen molar-refractivity contribution in [2.24, 2.45) is 10.9 Å². The van der Waals surface area contributed by atoms with Gasteiger partial charge in [-0.25, -0.2) is 4.98 Å². The minimum atomic E-state index is -0.131. The van der Waals surface area contributed by atoms with Crippen molar-refractivity contribution in [3.63, 3.8) is 0 Å². The van der Waals surface area contributed by atoms with Gasteiger partial charge in [-0.15, -0.1) is 11.3 Å². The smallest absolute Gasteiger partial charge is 0.273 e. The zero-order valence-corrected chi connectivity index (χ0v) is 12.6. The number of carbonyl (C=O) groups is 1. The number of nitrogens with two attached hydrogens (primary N) is 1. The molecule has 6 nitrogen and oxygen atoms in total. The number of benzene rings is 1. The van der Waals surface area contributed by atoms with Crippen molar-refractivity contribution < 1.29 is 10.0 Å². The Hall–Kier alpha value is -2.41. The molecule has 0 fully saturated rings. The molecular weight excluding hydrogens is 288 g/mol. The van der Waals surface area contributed by atoms with Crippen LogP contribution in [-0.2, 0) is 6.54 Å². The Kier molecular flexibility index (Phi) is 4.54. The summed E-state index contributed by atoms with van der Waals surface area (Å²) in [4.78, 5) is 18.0. The zero-order valence-electron chi connectivity index (χ0n) is 11.8. The first-order chi connectivity index (χ1) is 10.0. The van der Waals surface area contributed by atoms with E-state index in [1.165, 1.54) is 11.3 Å². The van der Waals surface area contributed by atoms with Gasteiger partial charge in [0.15, 0.2) is 5.84 Å². The SMILES string of the molecule is Cc1nc(C(=O)N(C)Cc2cccc(C(N)=NO)c2)cs1. The van der Waals surface area contributed by atoms with Crippen molar-refractivity contribution in [2.45, 2.75) is 13.5 Å². The van der Waals surface area contributed by atoms with Crippen molar-refractivity contribution in [1.29, 1.82) is 0 Å². The van der Waals surface area contributed by atoms with Crippen LogP contribution in [0.3, 0.4) is 0 Å². The maximum absolute atomic E-state index is 12.2. The molecule has 2 aromatic rings. The predicted octanol–water partition coefficient (Wildman–Crippen LogP) is 1.82. The first-order valence-electron chi connectivity index (χ1n) is 6.25. The first kappa shape index (κ1) is 15.0. The maximum atomic E-state index is 12.2. The third-order valence-corrected chi connectivity index (χ3v) is 3.71. The van der Waals surface area contributed by atoms with Crippen LogP contribution in [-0.4, -0.2) is 33.9 Å². The van der Waals surface area contributed by atoms with Crippen LogP contribution in [0.5, 0.6) is 0 Å². The number of oxime groups is 1. The molecule has 0 bridgehead atoms. The third-order valence-electron chi connectivity index (χ3n) is 2.94. The molecule has 1 aromatic heterocycles. The van der Waals surface area contributed by atoms with E-state index in [-0.39, 0.29) is 11.7 Å². The Morgan fingerprint density at radius 1 is 1.52 bits per heavy atom. The van der Waals surface area contributed by atoms with E-state index < -0.39 is 0 Å². The summed E-state index contributed by atoms with van der Waals surface area (Å²) in [5, 5.41) is 14.3. The van der Waals surface area contributed by atoms with Gasteiger partial charge in [0, 0.05) is 24.5 Å². The number of hydrogen-bond acceptors (Lipinski definition) is 5. The molecule has 0 aliphatic carbocycles. The molecule has 2 rings (SSSR count). The maximum Gasteiger partial charge on any atom is 0.273 e. The van der Waals surface area contributed by atoms with Crippen LogP contribution in [0.15, 0.2) is 34.8 Å². The fourth-order valence-electron chi connectivity index (χ4n) is 1.89. The topological polar surface area (TPSA) is 91.8 Å². The molecule has 1 aromatic carbocycles. The number of carbonyl (C=O) groups excluding carboxylic acids is 1. The summed E-state index contributed by atoms with van der Waals surface area (Å²) in [5.41, 5.74) is 7.51. The largest absolute Gasteiger partial charge is 0.409 e. The number of thiazole rings is 1. The van der Waals surface area contributed by atoms with E-state index in [0.717, 1.165) is 10.6 Å². The number of aromatic nitrogens is 1. The number of rotatable bonds is 4. The molecule has 7 heteroatoms. The van der Waals surface area contributed by atoms with Gasteiger partial charge < -0.3 is 15.8 Å². The summed E-state index contributed by atoms with van der Waals surface area (Å²) in [6.45, 7) is 2.28. The molecule has 0 spiro atoms. The summed E-state index contributed by atoms with van der Waals surface area (Å²) in [6.07, 6.45) is 0. The van der Waals surface area contributed by atoms with Gasteiger partial charge in [-0.2, -0.15) is 0 Å². The molecule has 1 heterocycles. The fourth-order valence-corrected chi connectivity index (χ4v) is 2.48. The van der Waals surface area contributed by atoms with Crippen LogP contribution in [0.25, 0.3) is 0 Å². The Labute approximate surface area is 126 Å². The van der Waals surface area contributed by atoms with Crippen LogP contribution < -0.4 is 5.73 Å². The number of hydrogen-bond donors (Lipinski definition) is 2. The molecule has 1 amide bonds. The molecule has 110 valence electrons. The van der Waals surface area contributed by atoms with E-state index in [9.17, 15) is 4.79 Å². The molecule has 0 radical (unpaired) electrons. The third kappa shape index (κ3) is 3.57. The number of amidine groups is 1. The van der Waals surface area contributed by atoms with Gasteiger partial charge in [0.05, 0.1) is 5.01 Å². The lowest BCUT2D eigenvalue weighted by Crippen LogP contribution is -2.26. The van der Waals surface area contributed by atoms with Crippen LogP contribution >= 0.6 is 11.3 Å². The minimum Gasteiger partial charge on any atom is -0.409 e. The van der Waals surface area contributed by atoms with Gasteiger partial charge in [0.2, 0.25) is 0 Å². The minimum absolute atomic E-state index is 0.0426. The molecule has 3 N–H and O–H groups in total. The van der Waals surface area contributed by atoms with Gasteiger partial charge in [-0.3, -0.25) is 4.79 Å². The predicted molar refractivity (Wildman–Crippen MR) is 81.6 cm³/mol. The van der Waals surface area contributed by atoms with Crippen molar-refractivity contribution in [3.8, 4) is 0 Å². The Balaban J connectivity index is 2.12. The van der Waals surface area contributed by atoms with E-state index in [1.807, 2.05) is 13.0 Å². The number of aryl methyl sites for hydroxylation is 1. The van der Waals surface area contributed by atoms with E-state index in [4.69, 9.17) is 10.9 Å². The summed E-state index contributed by atoms with van der Waals surface area (Å²) < 4.78 is 0. The van der Waals surface area contributed by atoms with Crippen molar-refractivity contribution >= 4 is 23.1 Å². The molecule has 0 unspecified atom stereocenters. The van der Waals surface area contributed by atoms with Gasteiger partial charge in [0.25, 0.3) is 5.91 Å². The molecule has 0 saturated heterocycles. The van der Waals surface area contributed by atoms with Gasteiger partial charge in [-0.05, 0) is 18.6 Å². The average molecular weight is 304 g/mol. The van der Waals surface area contributed by atoms with Gasteiger partial charge >= 0.3 is 0 Å². The zero-order chi connectivity index (χ0) is 15.4. The first-order valence-corrected chi connectivity index (χ1v) is 7.13. The van der Waals surface area contributed by atoms with E-state index in [0.29, 0.717) is 17.8 Å². The molecule has 0 saturated carbocycles. The second kappa shape index (κ2) is 6.36. The lowest BCUT2D eigenvalue weighted by atomic mass is 10.1. The average Bonchev–Trinajstić information content (AvgIpc) is 2.92. The number of nitrogens with zero attached hydrogens (tertiary/aromatic N) is 3. The summed E-state index contributed by atoms with van der Waals surface area (Å²) in [5.74, 6) is -0.0884. The lowest BCUT2D eigenvalue weighted by molar-refractivity contribution is 0.0780. The quantitative estimate of drug-likeness (QED) is 0.390. The monoisotopic (exact) mass is 304 g/mol. The van der Waals surface area contributed by atoms with Crippen molar-refractivity contribution in [3.05, 3.63) is 51.5 Å². The van der Waals surface area contributed by atoms with E-state index in [2.05, 4.69) is 10.1 Å². The van der Waals surface area contributed by atoms with Crippen LogP contribution in [0.4, 0.5) is 0 Å². The molecule has 0 atom stereocenters. The highest BCUT2D eigenvalue weighted by Gasteiger charge is 2.15. The van der Waals surface area contributed by atoms with Crippen molar-refractivity contribution in [1.82, 2.24) is 9.88 Å². The highest BCUT2D eigenvalue weighted by molar-refractivity contribution is 7.09.